The second kappa shape index (κ2) is 5.43. The monoisotopic (exact) mass is 265 g/mol. The van der Waals surface area contributed by atoms with Gasteiger partial charge in [0.05, 0.1) is 5.02 Å². The minimum atomic E-state index is 0.131. The predicted octanol–water partition coefficient (Wildman–Crippen LogP) is 4.11. The van der Waals surface area contributed by atoms with Gasteiger partial charge in [-0.05, 0) is 12.1 Å². The van der Waals surface area contributed by atoms with Crippen molar-refractivity contribution in [2.75, 3.05) is 5.75 Å². The van der Waals surface area contributed by atoms with E-state index >= 15 is 0 Å². The molecule has 0 spiro atoms. The number of carbonyl (C=O) groups is 1. The van der Waals surface area contributed by atoms with Crippen molar-refractivity contribution in [1.82, 2.24) is 4.98 Å². The summed E-state index contributed by atoms with van der Waals surface area (Å²) in [6, 6.07) is 5.78. The average molecular weight is 266 g/mol. The highest BCUT2D eigenvalue weighted by Crippen LogP contribution is 2.27. The van der Waals surface area contributed by atoms with Crippen molar-refractivity contribution in [2.45, 2.75) is 6.92 Å². The number of aromatic nitrogens is 1. The van der Waals surface area contributed by atoms with Crippen LogP contribution in [0, 0.1) is 0 Å². The Morgan fingerprint density at radius 1 is 1.53 bits per heavy atom. The number of benzene rings is 1. The zero-order valence-corrected chi connectivity index (χ0v) is 10.9. The molecular formula is C13H12ClNOS. The topological polar surface area (TPSA) is 32.9 Å². The number of fused-ring (bicyclic) bond motifs is 1. The van der Waals surface area contributed by atoms with Crippen molar-refractivity contribution in [3.8, 4) is 0 Å². The first-order chi connectivity index (χ1) is 8.18. The van der Waals surface area contributed by atoms with E-state index in [1.165, 1.54) is 11.8 Å². The number of carbonyl (C=O) groups excluding carboxylic acids is 1. The molecule has 0 aliphatic carbocycles. The number of aromatic amines is 1. The lowest BCUT2D eigenvalue weighted by molar-refractivity contribution is -0.109. The van der Waals surface area contributed by atoms with Crippen LogP contribution in [0.1, 0.15) is 12.5 Å². The fourth-order valence-corrected chi connectivity index (χ4v) is 2.35. The Hall–Kier alpha value is -1.19. The van der Waals surface area contributed by atoms with Crippen LogP contribution in [0.4, 0.5) is 0 Å². The molecule has 0 aliphatic rings. The van der Waals surface area contributed by atoms with Crippen LogP contribution in [0.5, 0.6) is 0 Å². The van der Waals surface area contributed by atoms with Gasteiger partial charge in [-0.3, -0.25) is 4.79 Å². The van der Waals surface area contributed by atoms with E-state index in [0.29, 0.717) is 5.75 Å². The Kier molecular flexibility index (Phi) is 3.92. The molecule has 0 amide bonds. The highest BCUT2D eigenvalue weighted by atomic mass is 35.5. The van der Waals surface area contributed by atoms with E-state index in [1.807, 2.05) is 36.5 Å². The molecule has 0 atom stereocenters. The summed E-state index contributed by atoms with van der Waals surface area (Å²) >= 11 is 7.45. The zero-order chi connectivity index (χ0) is 12.3. The van der Waals surface area contributed by atoms with Gasteiger partial charge in [0, 0.05) is 35.3 Å². The summed E-state index contributed by atoms with van der Waals surface area (Å²) < 4.78 is 0. The first-order valence-electron chi connectivity index (χ1n) is 5.24. The lowest BCUT2D eigenvalue weighted by atomic mass is 10.1. The molecule has 0 fully saturated rings. The van der Waals surface area contributed by atoms with Crippen molar-refractivity contribution in [3.05, 3.63) is 41.1 Å². The predicted molar refractivity (Wildman–Crippen MR) is 75.5 cm³/mol. The van der Waals surface area contributed by atoms with E-state index in [9.17, 15) is 4.79 Å². The average Bonchev–Trinajstić information content (AvgIpc) is 2.69. The van der Waals surface area contributed by atoms with Crippen LogP contribution >= 0.6 is 23.4 Å². The maximum atomic E-state index is 10.8. The van der Waals surface area contributed by atoms with Crippen LogP contribution in [-0.4, -0.2) is 15.9 Å². The number of hydrogen-bond acceptors (Lipinski definition) is 2. The third-order valence-electron chi connectivity index (χ3n) is 2.37. The van der Waals surface area contributed by atoms with Crippen LogP contribution in [0.3, 0.4) is 0 Å². The molecule has 1 aromatic carbocycles. The lowest BCUT2D eigenvalue weighted by Crippen LogP contribution is -1.81. The van der Waals surface area contributed by atoms with Gasteiger partial charge < -0.3 is 4.98 Å². The molecule has 0 saturated carbocycles. The highest BCUT2D eigenvalue weighted by Gasteiger charge is 2.04. The molecule has 0 saturated heterocycles. The van der Waals surface area contributed by atoms with Gasteiger partial charge in [0.15, 0.2) is 5.12 Å². The minimum Gasteiger partial charge on any atom is -0.361 e. The quantitative estimate of drug-likeness (QED) is 0.906. The molecule has 1 aromatic heterocycles. The number of hydrogen-bond donors (Lipinski definition) is 1. The summed E-state index contributed by atoms with van der Waals surface area (Å²) in [6.45, 7) is 1.57. The molecule has 0 bridgehead atoms. The molecule has 17 heavy (non-hydrogen) atoms. The second-order valence-corrected chi connectivity index (χ2v) is 5.22. The van der Waals surface area contributed by atoms with Gasteiger partial charge in [0.2, 0.25) is 0 Å². The van der Waals surface area contributed by atoms with E-state index in [4.69, 9.17) is 11.6 Å². The van der Waals surface area contributed by atoms with Crippen molar-refractivity contribution in [3.63, 3.8) is 0 Å². The largest absolute Gasteiger partial charge is 0.361 e. The van der Waals surface area contributed by atoms with Crippen LogP contribution in [0.25, 0.3) is 17.0 Å². The van der Waals surface area contributed by atoms with Crippen molar-refractivity contribution >= 4 is 45.5 Å². The van der Waals surface area contributed by atoms with E-state index in [2.05, 4.69) is 4.98 Å². The first-order valence-corrected chi connectivity index (χ1v) is 6.60. The van der Waals surface area contributed by atoms with Crippen LogP contribution in [-0.2, 0) is 4.79 Å². The normalized spacial score (nSPS) is 11.4. The molecule has 0 aliphatic heterocycles. The van der Waals surface area contributed by atoms with Crippen molar-refractivity contribution < 1.29 is 4.79 Å². The Balaban J connectivity index is 2.22. The fourth-order valence-electron chi connectivity index (χ4n) is 1.64. The van der Waals surface area contributed by atoms with Crippen molar-refractivity contribution in [2.24, 2.45) is 0 Å². The summed E-state index contributed by atoms with van der Waals surface area (Å²) in [6.07, 6.45) is 5.88. The van der Waals surface area contributed by atoms with E-state index in [-0.39, 0.29) is 5.12 Å². The van der Waals surface area contributed by atoms with Gasteiger partial charge in [-0.2, -0.15) is 0 Å². The summed E-state index contributed by atoms with van der Waals surface area (Å²) in [5.74, 6) is 0.687. The molecule has 2 nitrogen and oxygen atoms in total. The fraction of sp³-hybridized carbons (Fsp3) is 0.154. The zero-order valence-electron chi connectivity index (χ0n) is 9.37. The van der Waals surface area contributed by atoms with Gasteiger partial charge in [-0.1, -0.05) is 41.6 Å². The Bertz CT molecular complexity index is 574. The van der Waals surface area contributed by atoms with E-state index < -0.39 is 0 Å². The molecule has 0 unspecified atom stereocenters. The van der Waals surface area contributed by atoms with E-state index in [1.54, 1.807) is 6.92 Å². The minimum absolute atomic E-state index is 0.131. The number of H-pyrrole nitrogens is 1. The molecule has 1 heterocycles. The van der Waals surface area contributed by atoms with Crippen LogP contribution < -0.4 is 0 Å². The molecule has 0 radical (unpaired) electrons. The number of nitrogens with one attached hydrogen (secondary N) is 1. The highest BCUT2D eigenvalue weighted by molar-refractivity contribution is 8.13. The molecule has 1 N–H and O–H groups in total. The second-order valence-electron chi connectivity index (χ2n) is 3.61. The van der Waals surface area contributed by atoms with Gasteiger partial charge >= 0.3 is 0 Å². The third-order valence-corrected chi connectivity index (χ3v) is 3.45. The van der Waals surface area contributed by atoms with Gasteiger partial charge in [-0.15, -0.1) is 0 Å². The summed E-state index contributed by atoms with van der Waals surface area (Å²) in [4.78, 5) is 13.9. The van der Waals surface area contributed by atoms with Gasteiger partial charge in [0.25, 0.3) is 0 Å². The standard InChI is InChI=1S/C13H12ClNOS/c1-9(16)17-7-3-4-10-8-15-12-6-2-5-11(14)13(10)12/h2-6,8,15H,7H2,1H3. The van der Waals surface area contributed by atoms with Crippen LogP contribution in [0.2, 0.25) is 5.02 Å². The lowest BCUT2D eigenvalue weighted by Gasteiger charge is -1.95. The number of thioether (sulfide) groups is 1. The summed E-state index contributed by atoms with van der Waals surface area (Å²) in [5, 5.41) is 1.90. The van der Waals surface area contributed by atoms with E-state index in [0.717, 1.165) is 21.5 Å². The molecule has 2 aromatic rings. The Labute approximate surface area is 109 Å². The Morgan fingerprint density at radius 3 is 3.12 bits per heavy atom. The third kappa shape index (κ3) is 2.93. The molecule has 88 valence electrons. The summed E-state index contributed by atoms with van der Waals surface area (Å²) in [5.41, 5.74) is 2.08. The maximum absolute atomic E-state index is 10.8. The van der Waals surface area contributed by atoms with Gasteiger partial charge in [0.1, 0.15) is 0 Å². The van der Waals surface area contributed by atoms with Crippen LogP contribution in [0.15, 0.2) is 30.5 Å². The number of rotatable bonds is 3. The number of halogens is 1. The van der Waals surface area contributed by atoms with Crippen molar-refractivity contribution in [1.29, 1.82) is 0 Å². The Morgan fingerprint density at radius 2 is 2.35 bits per heavy atom. The smallest absolute Gasteiger partial charge is 0.186 e. The maximum Gasteiger partial charge on any atom is 0.186 e. The van der Waals surface area contributed by atoms with Gasteiger partial charge in [-0.25, -0.2) is 0 Å². The molecule has 2 rings (SSSR count). The SMILES string of the molecule is CC(=O)SCC=Cc1c[nH]c2cccc(Cl)c12. The molecule has 4 heteroatoms. The molecular weight excluding hydrogens is 254 g/mol. The summed E-state index contributed by atoms with van der Waals surface area (Å²) in [7, 11) is 0. The first kappa shape index (κ1) is 12.3.